The van der Waals surface area contributed by atoms with Crippen LogP contribution in [0.1, 0.15) is 26.6 Å². The van der Waals surface area contributed by atoms with Crippen molar-refractivity contribution in [2.45, 2.75) is 27.2 Å². The number of hydrogen-bond donors (Lipinski definition) is 1. The van der Waals surface area contributed by atoms with E-state index in [1.54, 1.807) is 11.0 Å². The summed E-state index contributed by atoms with van der Waals surface area (Å²) in [6, 6.07) is 0. The Bertz CT molecular complexity index is 295. The molecular weight excluding hydrogens is 178 g/mol. The first-order chi connectivity index (χ1) is 6.49. The van der Waals surface area contributed by atoms with Gasteiger partial charge in [0, 0.05) is 20.1 Å². The summed E-state index contributed by atoms with van der Waals surface area (Å²) < 4.78 is 1.76. The smallest absolute Gasteiger partial charge is 0.138 e. The normalized spacial score (nSPS) is 15.9. The van der Waals surface area contributed by atoms with Crippen molar-refractivity contribution in [3.05, 3.63) is 12.2 Å². The number of aliphatic hydroxyl groups is 1. The van der Waals surface area contributed by atoms with Gasteiger partial charge >= 0.3 is 0 Å². The van der Waals surface area contributed by atoms with Crippen molar-refractivity contribution in [3.8, 4) is 0 Å². The van der Waals surface area contributed by atoms with E-state index in [1.165, 1.54) is 0 Å². The molecule has 1 aromatic rings. The zero-order valence-corrected chi connectivity index (χ0v) is 9.36. The van der Waals surface area contributed by atoms with Crippen LogP contribution in [0.5, 0.6) is 0 Å². The third-order valence-electron chi connectivity index (χ3n) is 3.12. The molecule has 4 nitrogen and oxygen atoms in total. The lowest BCUT2D eigenvalue weighted by Crippen LogP contribution is -2.31. The van der Waals surface area contributed by atoms with E-state index >= 15 is 0 Å². The SMILES string of the molecule is CC(C)C(C)(CO)Cc1ncnn1C. The molecular formula is C10H19N3O. The first-order valence-electron chi connectivity index (χ1n) is 4.93. The predicted octanol–water partition coefficient (Wildman–Crippen LogP) is 1.01. The first-order valence-corrected chi connectivity index (χ1v) is 4.93. The highest BCUT2D eigenvalue weighted by molar-refractivity contribution is 4.92. The monoisotopic (exact) mass is 197 g/mol. The summed E-state index contributed by atoms with van der Waals surface area (Å²) in [5.41, 5.74) is -0.110. The largest absolute Gasteiger partial charge is 0.396 e. The third kappa shape index (κ3) is 2.12. The van der Waals surface area contributed by atoms with Crippen molar-refractivity contribution in [2.75, 3.05) is 6.61 Å². The highest BCUT2D eigenvalue weighted by Crippen LogP contribution is 2.29. The van der Waals surface area contributed by atoms with E-state index in [9.17, 15) is 5.11 Å². The molecule has 0 aliphatic heterocycles. The molecule has 0 aliphatic carbocycles. The summed E-state index contributed by atoms with van der Waals surface area (Å²) >= 11 is 0. The van der Waals surface area contributed by atoms with Crippen molar-refractivity contribution >= 4 is 0 Å². The van der Waals surface area contributed by atoms with Crippen LogP contribution < -0.4 is 0 Å². The Hall–Kier alpha value is -0.900. The Morgan fingerprint density at radius 2 is 2.21 bits per heavy atom. The lowest BCUT2D eigenvalue weighted by atomic mass is 9.77. The number of rotatable bonds is 4. The van der Waals surface area contributed by atoms with Crippen molar-refractivity contribution in [2.24, 2.45) is 18.4 Å². The highest BCUT2D eigenvalue weighted by Gasteiger charge is 2.29. The maximum absolute atomic E-state index is 9.39. The minimum absolute atomic E-state index is 0.110. The van der Waals surface area contributed by atoms with Gasteiger partial charge in [0.1, 0.15) is 12.2 Å². The number of aryl methyl sites for hydroxylation is 1. The topological polar surface area (TPSA) is 50.9 Å². The molecule has 1 N–H and O–H groups in total. The van der Waals surface area contributed by atoms with Crippen LogP contribution in [0.15, 0.2) is 6.33 Å². The molecule has 0 bridgehead atoms. The van der Waals surface area contributed by atoms with Gasteiger partial charge in [-0.3, -0.25) is 4.68 Å². The maximum atomic E-state index is 9.39. The van der Waals surface area contributed by atoms with Crippen LogP contribution in [0.25, 0.3) is 0 Å². The van der Waals surface area contributed by atoms with Gasteiger partial charge in [-0.25, -0.2) is 4.98 Å². The molecule has 0 saturated carbocycles. The van der Waals surface area contributed by atoms with Crippen molar-refractivity contribution in [3.63, 3.8) is 0 Å². The molecule has 1 rings (SSSR count). The Morgan fingerprint density at radius 3 is 2.57 bits per heavy atom. The van der Waals surface area contributed by atoms with Crippen molar-refractivity contribution < 1.29 is 5.11 Å². The lowest BCUT2D eigenvalue weighted by molar-refractivity contribution is 0.0917. The summed E-state index contributed by atoms with van der Waals surface area (Å²) in [5, 5.41) is 13.4. The zero-order chi connectivity index (χ0) is 10.8. The molecule has 1 heterocycles. The van der Waals surface area contributed by atoms with E-state index in [1.807, 2.05) is 7.05 Å². The summed E-state index contributed by atoms with van der Waals surface area (Å²) in [5.74, 6) is 1.35. The van der Waals surface area contributed by atoms with Crippen LogP contribution in [-0.4, -0.2) is 26.5 Å². The Labute approximate surface area is 85.0 Å². The van der Waals surface area contributed by atoms with Crippen LogP contribution in [0.2, 0.25) is 0 Å². The van der Waals surface area contributed by atoms with Gasteiger partial charge in [-0.2, -0.15) is 5.10 Å². The number of aromatic nitrogens is 3. The second-order valence-electron chi connectivity index (χ2n) is 4.44. The van der Waals surface area contributed by atoms with E-state index in [0.717, 1.165) is 12.2 Å². The molecule has 1 atom stereocenters. The van der Waals surface area contributed by atoms with Crippen molar-refractivity contribution in [1.82, 2.24) is 14.8 Å². The van der Waals surface area contributed by atoms with Crippen LogP contribution in [0.4, 0.5) is 0 Å². The van der Waals surface area contributed by atoms with Crippen LogP contribution in [0.3, 0.4) is 0 Å². The molecule has 1 unspecified atom stereocenters. The predicted molar refractivity (Wildman–Crippen MR) is 54.7 cm³/mol. The molecule has 14 heavy (non-hydrogen) atoms. The maximum Gasteiger partial charge on any atom is 0.138 e. The minimum atomic E-state index is -0.110. The van der Waals surface area contributed by atoms with Crippen LogP contribution >= 0.6 is 0 Å². The van der Waals surface area contributed by atoms with Crippen molar-refractivity contribution in [1.29, 1.82) is 0 Å². The fraction of sp³-hybridized carbons (Fsp3) is 0.800. The molecule has 0 fully saturated rings. The molecule has 80 valence electrons. The zero-order valence-electron chi connectivity index (χ0n) is 9.36. The molecule has 0 amide bonds. The standard InChI is InChI=1S/C10H19N3O/c1-8(2)10(3,6-14)5-9-11-7-12-13(9)4/h7-8,14H,5-6H2,1-4H3. The fourth-order valence-corrected chi connectivity index (χ4v) is 1.28. The van der Waals surface area contributed by atoms with Gasteiger partial charge in [0.2, 0.25) is 0 Å². The van der Waals surface area contributed by atoms with Gasteiger partial charge in [0.25, 0.3) is 0 Å². The van der Waals surface area contributed by atoms with Gasteiger partial charge < -0.3 is 5.11 Å². The van der Waals surface area contributed by atoms with Crippen LogP contribution in [0, 0.1) is 11.3 Å². The summed E-state index contributed by atoms with van der Waals surface area (Å²) in [4.78, 5) is 4.17. The molecule has 0 aliphatic rings. The highest BCUT2D eigenvalue weighted by atomic mass is 16.3. The molecule has 0 aromatic carbocycles. The summed E-state index contributed by atoms with van der Waals surface area (Å²) in [6.45, 7) is 6.49. The van der Waals surface area contributed by atoms with Gasteiger partial charge in [-0.1, -0.05) is 20.8 Å². The van der Waals surface area contributed by atoms with E-state index in [0.29, 0.717) is 5.92 Å². The van der Waals surface area contributed by atoms with E-state index in [4.69, 9.17) is 0 Å². The number of aliphatic hydroxyl groups excluding tert-OH is 1. The Morgan fingerprint density at radius 1 is 1.57 bits per heavy atom. The third-order valence-corrected chi connectivity index (χ3v) is 3.12. The number of hydrogen-bond acceptors (Lipinski definition) is 3. The fourth-order valence-electron chi connectivity index (χ4n) is 1.28. The molecule has 0 spiro atoms. The Balaban J connectivity index is 2.80. The second-order valence-corrected chi connectivity index (χ2v) is 4.44. The van der Waals surface area contributed by atoms with Gasteiger partial charge in [-0.15, -0.1) is 0 Å². The summed E-state index contributed by atoms with van der Waals surface area (Å²) in [6.07, 6.45) is 2.31. The molecule has 0 radical (unpaired) electrons. The van der Waals surface area contributed by atoms with Gasteiger partial charge in [-0.05, 0) is 11.3 Å². The van der Waals surface area contributed by atoms with Gasteiger partial charge in [0.15, 0.2) is 0 Å². The molecule has 4 heteroatoms. The van der Waals surface area contributed by atoms with E-state index in [2.05, 4.69) is 30.9 Å². The van der Waals surface area contributed by atoms with E-state index in [-0.39, 0.29) is 12.0 Å². The lowest BCUT2D eigenvalue weighted by Gasteiger charge is -2.31. The average molecular weight is 197 g/mol. The minimum Gasteiger partial charge on any atom is -0.396 e. The van der Waals surface area contributed by atoms with E-state index < -0.39 is 0 Å². The van der Waals surface area contributed by atoms with Crippen LogP contribution in [-0.2, 0) is 13.5 Å². The quantitative estimate of drug-likeness (QED) is 0.783. The Kier molecular flexibility index (Phi) is 3.26. The number of nitrogens with zero attached hydrogens (tertiary/aromatic N) is 3. The first kappa shape index (κ1) is 11.2. The molecule has 0 saturated heterocycles. The summed E-state index contributed by atoms with van der Waals surface area (Å²) in [7, 11) is 1.88. The second kappa shape index (κ2) is 4.09. The molecule has 1 aromatic heterocycles. The average Bonchev–Trinajstić information content (AvgIpc) is 2.51. The van der Waals surface area contributed by atoms with Gasteiger partial charge in [0.05, 0.1) is 0 Å².